The van der Waals surface area contributed by atoms with Crippen molar-refractivity contribution in [3.8, 4) is 22.4 Å². The molecule has 1 atom stereocenters. The van der Waals surface area contributed by atoms with E-state index in [0.29, 0.717) is 29.1 Å². The van der Waals surface area contributed by atoms with Gasteiger partial charge in [-0.3, -0.25) is 4.68 Å². The van der Waals surface area contributed by atoms with Crippen LogP contribution in [0.25, 0.3) is 33.4 Å². The van der Waals surface area contributed by atoms with Crippen LogP contribution >= 0.6 is 0 Å². The van der Waals surface area contributed by atoms with Gasteiger partial charge < -0.3 is 20.9 Å². The molecule has 0 aliphatic heterocycles. The predicted molar refractivity (Wildman–Crippen MR) is 125 cm³/mol. The first-order chi connectivity index (χ1) is 16.0. The molecule has 0 saturated heterocycles. The van der Waals surface area contributed by atoms with Crippen molar-refractivity contribution in [2.45, 2.75) is 19.1 Å². The highest BCUT2D eigenvalue weighted by Gasteiger charge is 2.28. The number of aromatic nitrogens is 6. The van der Waals surface area contributed by atoms with Gasteiger partial charge in [-0.2, -0.15) is 5.10 Å². The molecule has 4 aromatic heterocycles. The number of pyridine rings is 1. The number of nitrogen functional groups attached to an aromatic ring is 1. The van der Waals surface area contributed by atoms with Crippen LogP contribution in [0.15, 0.2) is 67.3 Å². The van der Waals surface area contributed by atoms with E-state index in [-0.39, 0.29) is 12.6 Å². The number of nitrogens with zero attached hydrogens (tertiary/aromatic N) is 5. The molecule has 0 unspecified atom stereocenters. The molecule has 5 N–H and O–H groups in total. The molecule has 33 heavy (non-hydrogen) atoms. The topological polar surface area (TPSA) is 139 Å². The molecule has 5 rings (SSSR count). The average molecular weight is 441 g/mol. The number of hydrogen-bond acceptors (Lipinski definition) is 7. The van der Waals surface area contributed by atoms with Crippen LogP contribution in [0.3, 0.4) is 0 Å². The van der Waals surface area contributed by atoms with Gasteiger partial charge >= 0.3 is 0 Å². The van der Waals surface area contributed by atoms with Gasteiger partial charge in [0.15, 0.2) is 0 Å². The summed E-state index contributed by atoms with van der Waals surface area (Å²) in [7, 11) is 0. The zero-order valence-corrected chi connectivity index (χ0v) is 18.0. The maximum absolute atomic E-state index is 11.3. The van der Waals surface area contributed by atoms with Gasteiger partial charge in [0.05, 0.1) is 30.7 Å². The second kappa shape index (κ2) is 8.12. The van der Waals surface area contributed by atoms with Crippen molar-refractivity contribution >= 4 is 17.0 Å². The van der Waals surface area contributed by atoms with Gasteiger partial charge in [-0.1, -0.05) is 30.3 Å². The number of hydrogen-bond donors (Lipinski definition) is 4. The summed E-state index contributed by atoms with van der Waals surface area (Å²) in [4.78, 5) is 16.5. The van der Waals surface area contributed by atoms with Crippen molar-refractivity contribution in [2.75, 3.05) is 12.3 Å². The molecule has 0 saturated carbocycles. The van der Waals surface area contributed by atoms with Crippen molar-refractivity contribution in [2.24, 2.45) is 0 Å². The Morgan fingerprint density at radius 3 is 2.70 bits per heavy atom. The number of rotatable bonds is 6. The molecular weight excluding hydrogens is 418 g/mol. The molecule has 166 valence electrons. The Morgan fingerprint density at radius 1 is 1.09 bits per heavy atom. The molecule has 0 aliphatic carbocycles. The number of fused-ring (bicyclic) bond motifs is 1. The number of aromatic amines is 1. The quantitative estimate of drug-likeness (QED) is 0.318. The average Bonchev–Trinajstić information content (AvgIpc) is 3.46. The van der Waals surface area contributed by atoms with E-state index in [0.717, 1.165) is 22.1 Å². The summed E-state index contributed by atoms with van der Waals surface area (Å²) < 4.78 is 1.68. The predicted octanol–water partition coefficient (Wildman–Crippen LogP) is 2.71. The molecule has 0 fully saturated rings. The fraction of sp³-hybridized carbons (Fsp3) is 0.167. The lowest BCUT2D eigenvalue weighted by atomic mass is 9.91. The SMILES string of the molecule is C[C@@](O)(c1ccccc1)c1cc(-c2c[nH]c3ncc(-c4cnn(CCO)c4)cc23)nc(N)n1. The summed E-state index contributed by atoms with van der Waals surface area (Å²) in [5.41, 5.74) is 9.65. The Hall–Kier alpha value is -4.08. The Morgan fingerprint density at radius 2 is 1.91 bits per heavy atom. The van der Waals surface area contributed by atoms with Crippen LogP contribution in [0.5, 0.6) is 0 Å². The van der Waals surface area contributed by atoms with Crippen LogP contribution in [-0.2, 0) is 12.1 Å². The lowest BCUT2D eigenvalue weighted by Crippen LogP contribution is -2.25. The van der Waals surface area contributed by atoms with E-state index in [9.17, 15) is 5.11 Å². The second-order valence-corrected chi connectivity index (χ2v) is 7.97. The van der Waals surface area contributed by atoms with Gasteiger partial charge in [-0.15, -0.1) is 0 Å². The number of benzene rings is 1. The molecule has 0 radical (unpaired) electrons. The minimum Gasteiger partial charge on any atom is -0.394 e. The van der Waals surface area contributed by atoms with E-state index in [4.69, 9.17) is 10.8 Å². The highest BCUT2D eigenvalue weighted by Crippen LogP contribution is 2.34. The second-order valence-electron chi connectivity index (χ2n) is 7.97. The minimum absolute atomic E-state index is 0.0184. The highest BCUT2D eigenvalue weighted by atomic mass is 16.3. The maximum Gasteiger partial charge on any atom is 0.220 e. The zero-order chi connectivity index (χ0) is 23.0. The fourth-order valence-corrected chi connectivity index (χ4v) is 3.87. The Kier molecular flexibility index (Phi) is 5.12. The van der Waals surface area contributed by atoms with Crippen molar-refractivity contribution in [1.82, 2.24) is 29.7 Å². The molecule has 9 heteroatoms. The summed E-state index contributed by atoms with van der Waals surface area (Å²) in [5.74, 6) is 0.0717. The molecular formula is C24H23N7O2. The number of nitrogens with one attached hydrogen (secondary N) is 1. The summed E-state index contributed by atoms with van der Waals surface area (Å²) in [6, 6.07) is 13.1. The lowest BCUT2D eigenvalue weighted by Gasteiger charge is -2.24. The molecule has 1 aromatic carbocycles. The molecule has 0 bridgehead atoms. The summed E-state index contributed by atoms with van der Waals surface area (Å²) in [6.45, 7) is 2.13. The smallest absolute Gasteiger partial charge is 0.220 e. The third kappa shape index (κ3) is 3.84. The number of aliphatic hydroxyl groups is 2. The first-order valence-electron chi connectivity index (χ1n) is 10.5. The number of H-pyrrole nitrogens is 1. The lowest BCUT2D eigenvalue weighted by molar-refractivity contribution is 0.0975. The first kappa shape index (κ1) is 20.8. The van der Waals surface area contributed by atoms with Gasteiger partial charge in [0.2, 0.25) is 5.95 Å². The van der Waals surface area contributed by atoms with Crippen molar-refractivity contribution in [3.05, 3.63) is 78.5 Å². The van der Waals surface area contributed by atoms with E-state index in [1.165, 1.54) is 0 Å². The third-order valence-electron chi connectivity index (χ3n) is 5.68. The molecule has 0 spiro atoms. The van der Waals surface area contributed by atoms with E-state index in [1.54, 1.807) is 30.1 Å². The van der Waals surface area contributed by atoms with Gasteiger partial charge in [0, 0.05) is 40.7 Å². The molecule has 0 amide bonds. The largest absolute Gasteiger partial charge is 0.394 e. The van der Waals surface area contributed by atoms with E-state index < -0.39 is 5.60 Å². The molecule has 9 nitrogen and oxygen atoms in total. The standard InChI is InChI=1S/C24H23N7O2/c1-24(33,17-5-3-2-4-6-17)21-10-20(29-23(25)30-21)19-13-27-22-18(19)9-15(11-26-22)16-12-28-31(14-16)7-8-32/h2-6,9-14,32-33H,7-8H2,1H3,(H,26,27)(H2,25,29,30)/t24-/m1/s1. The maximum atomic E-state index is 11.3. The molecule has 4 heterocycles. The monoisotopic (exact) mass is 441 g/mol. The Balaban J connectivity index is 1.59. The van der Waals surface area contributed by atoms with Gasteiger partial charge in [0.1, 0.15) is 11.2 Å². The third-order valence-corrected chi connectivity index (χ3v) is 5.68. The van der Waals surface area contributed by atoms with Crippen LogP contribution in [0.2, 0.25) is 0 Å². The normalized spacial score (nSPS) is 13.3. The summed E-state index contributed by atoms with van der Waals surface area (Å²) >= 11 is 0. The van der Waals surface area contributed by atoms with Gasteiger partial charge in [0.25, 0.3) is 0 Å². The Labute approximate surface area is 189 Å². The van der Waals surface area contributed by atoms with Crippen molar-refractivity contribution in [1.29, 1.82) is 0 Å². The van der Waals surface area contributed by atoms with Gasteiger partial charge in [-0.05, 0) is 24.6 Å². The van der Waals surface area contributed by atoms with Crippen LogP contribution in [0.1, 0.15) is 18.2 Å². The van der Waals surface area contributed by atoms with Crippen LogP contribution < -0.4 is 5.73 Å². The van der Waals surface area contributed by atoms with Crippen molar-refractivity contribution in [3.63, 3.8) is 0 Å². The van der Waals surface area contributed by atoms with Crippen LogP contribution in [-0.4, -0.2) is 46.5 Å². The number of anilines is 1. The van der Waals surface area contributed by atoms with Crippen LogP contribution in [0.4, 0.5) is 5.95 Å². The molecule has 5 aromatic rings. The summed E-state index contributed by atoms with van der Waals surface area (Å²) in [5, 5.41) is 25.5. The minimum atomic E-state index is -1.34. The number of nitrogens with two attached hydrogens (primary N) is 1. The van der Waals surface area contributed by atoms with E-state index in [1.807, 2.05) is 48.8 Å². The Bertz CT molecular complexity index is 1420. The first-order valence-corrected chi connectivity index (χ1v) is 10.5. The fourth-order valence-electron chi connectivity index (χ4n) is 3.87. The van der Waals surface area contributed by atoms with Crippen LogP contribution in [0, 0.1) is 0 Å². The molecule has 0 aliphatic rings. The number of aliphatic hydroxyl groups excluding tert-OH is 1. The van der Waals surface area contributed by atoms with E-state index >= 15 is 0 Å². The highest BCUT2D eigenvalue weighted by molar-refractivity contribution is 5.95. The summed E-state index contributed by atoms with van der Waals surface area (Å²) in [6.07, 6.45) is 7.19. The van der Waals surface area contributed by atoms with Crippen molar-refractivity contribution < 1.29 is 10.2 Å². The van der Waals surface area contributed by atoms with Gasteiger partial charge in [-0.25, -0.2) is 15.0 Å². The van der Waals surface area contributed by atoms with E-state index in [2.05, 4.69) is 25.0 Å². The zero-order valence-electron chi connectivity index (χ0n) is 18.0.